The Labute approximate surface area is 182 Å². The first-order valence-corrected chi connectivity index (χ1v) is 11.2. The maximum Gasteiger partial charge on any atom is 0.293 e. The van der Waals surface area contributed by atoms with E-state index in [-0.39, 0.29) is 24.1 Å². The molecule has 3 atom stereocenters. The molecule has 0 saturated heterocycles. The number of hydrogen-bond acceptors (Lipinski definition) is 4. The van der Waals surface area contributed by atoms with Gasteiger partial charge in [0.25, 0.3) is 5.56 Å². The Morgan fingerprint density at radius 3 is 2.61 bits per heavy atom. The van der Waals surface area contributed by atoms with Gasteiger partial charge in [-0.3, -0.25) is 9.59 Å². The summed E-state index contributed by atoms with van der Waals surface area (Å²) in [5, 5.41) is 12.0. The highest BCUT2D eigenvalue weighted by Crippen LogP contribution is 2.29. The predicted molar refractivity (Wildman–Crippen MR) is 121 cm³/mol. The number of amides is 1. The molecule has 2 heterocycles. The molecule has 7 heteroatoms. The molecule has 1 N–H and O–H groups in total. The summed E-state index contributed by atoms with van der Waals surface area (Å²) < 4.78 is 2.81. The number of nitrogens with zero attached hydrogens (tertiary/aromatic N) is 4. The van der Waals surface area contributed by atoms with Crippen molar-refractivity contribution < 1.29 is 4.79 Å². The second kappa shape index (κ2) is 8.65. The molecule has 3 aromatic rings. The van der Waals surface area contributed by atoms with Crippen LogP contribution in [0.1, 0.15) is 51.4 Å². The fourth-order valence-electron chi connectivity index (χ4n) is 4.51. The summed E-state index contributed by atoms with van der Waals surface area (Å²) in [4.78, 5) is 25.7. The highest BCUT2D eigenvalue weighted by molar-refractivity contribution is 5.76. The Balaban J connectivity index is 1.58. The number of nitrogens with one attached hydrogen (secondary N) is 1. The Morgan fingerprint density at radius 1 is 1.16 bits per heavy atom. The van der Waals surface area contributed by atoms with Gasteiger partial charge >= 0.3 is 0 Å². The van der Waals surface area contributed by atoms with Gasteiger partial charge in [-0.15, -0.1) is 0 Å². The average Bonchev–Trinajstić information content (AvgIpc) is 3.21. The first-order valence-electron chi connectivity index (χ1n) is 11.2. The lowest BCUT2D eigenvalue weighted by atomic mass is 9.78. The normalized spacial score (nSPS) is 21.4. The van der Waals surface area contributed by atoms with E-state index in [0.717, 1.165) is 30.5 Å². The molecule has 0 bridgehead atoms. The molecule has 1 amide bonds. The summed E-state index contributed by atoms with van der Waals surface area (Å²) in [6.45, 7) is 8.25. The molecule has 0 spiro atoms. The number of fused-ring (bicyclic) bond motifs is 1. The molecule has 7 nitrogen and oxygen atoms in total. The van der Waals surface area contributed by atoms with Crippen molar-refractivity contribution in [1.29, 1.82) is 0 Å². The van der Waals surface area contributed by atoms with Crippen LogP contribution in [0.4, 0.5) is 0 Å². The number of hydrogen-bond donors (Lipinski definition) is 1. The summed E-state index contributed by atoms with van der Waals surface area (Å²) in [5.41, 5.74) is 3.03. The summed E-state index contributed by atoms with van der Waals surface area (Å²) in [6, 6.07) is 10.1. The van der Waals surface area contributed by atoms with Gasteiger partial charge in [0, 0.05) is 11.6 Å². The van der Waals surface area contributed by atoms with Crippen molar-refractivity contribution in [2.24, 2.45) is 11.8 Å². The Bertz CT molecular complexity index is 1150. The number of carbonyl (C=O) groups excluding carboxylic acids is 1. The van der Waals surface area contributed by atoms with Crippen LogP contribution in [0.25, 0.3) is 16.8 Å². The van der Waals surface area contributed by atoms with Crippen LogP contribution in [-0.4, -0.2) is 31.3 Å². The van der Waals surface area contributed by atoms with Crippen LogP contribution in [-0.2, 0) is 17.8 Å². The summed E-state index contributed by atoms with van der Waals surface area (Å²) in [7, 11) is 0. The van der Waals surface area contributed by atoms with Crippen LogP contribution in [0.2, 0.25) is 0 Å². The van der Waals surface area contributed by atoms with Crippen molar-refractivity contribution in [2.45, 2.75) is 66.0 Å². The minimum Gasteiger partial charge on any atom is -0.351 e. The highest BCUT2D eigenvalue weighted by Gasteiger charge is 2.28. The smallest absolute Gasteiger partial charge is 0.293 e. The van der Waals surface area contributed by atoms with Gasteiger partial charge in [0.15, 0.2) is 0 Å². The van der Waals surface area contributed by atoms with Gasteiger partial charge in [0.2, 0.25) is 5.91 Å². The molecule has 1 aromatic carbocycles. The number of benzene rings is 1. The lowest BCUT2D eigenvalue weighted by molar-refractivity contribution is -0.123. The molecule has 0 aliphatic heterocycles. The van der Waals surface area contributed by atoms with Crippen molar-refractivity contribution in [3.8, 4) is 11.3 Å². The molecular formula is C24H31N5O2. The number of aryl methyl sites for hydroxylation is 2. The van der Waals surface area contributed by atoms with Crippen molar-refractivity contribution in [3.05, 3.63) is 52.1 Å². The van der Waals surface area contributed by atoms with E-state index in [0.29, 0.717) is 23.2 Å². The average molecular weight is 422 g/mol. The molecule has 0 radical (unpaired) electrons. The molecule has 164 valence electrons. The molecular weight excluding hydrogens is 390 g/mol. The third kappa shape index (κ3) is 4.27. The van der Waals surface area contributed by atoms with Crippen molar-refractivity contribution in [1.82, 2.24) is 24.7 Å². The van der Waals surface area contributed by atoms with Gasteiger partial charge < -0.3 is 5.32 Å². The molecule has 2 aromatic heterocycles. The van der Waals surface area contributed by atoms with Crippen LogP contribution in [0.15, 0.2) is 35.1 Å². The second-order valence-electron chi connectivity index (χ2n) is 8.83. The molecule has 31 heavy (non-hydrogen) atoms. The van der Waals surface area contributed by atoms with Gasteiger partial charge in [-0.2, -0.15) is 10.2 Å². The monoisotopic (exact) mass is 421 g/mol. The van der Waals surface area contributed by atoms with Gasteiger partial charge in [0.1, 0.15) is 17.9 Å². The van der Waals surface area contributed by atoms with E-state index in [1.165, 1.54) is 16.7 Å². The lowest BCUT2D eigenvalue weighted by Gasteiger charge is -2.34. The zero-order valence-electron chi connectivity index (χ0n) is 18.8. The Morgan fingerprint density at radius 2 is 1.90 bits per heavy atom. The SMILES string of the molecule is CCc1ccc(-c2cc3c(=O)n(CC(=O)N[C@@H]4CCC[C@@H](C)[C@H]4C)nc(C)n3n2)cc1. The molecule has 1 aliphatic carbocycles. The van der Waals surface area contributed by atoms with E-state index in [9.17, 15) is 9.59 Å². The third-order valence-electron chi connectivity index (χ3n) is 6.74. The number of rotatable bonds is 5. The topological polar surface area (TPSA) is 81.3 Å². The van der Waals surface area contributed by atoms with E-state index >= 15 is 0 Å². The van der Waals surface area contributed by atoms with E-state index in [1.807, 2.05) is 12.1 Å². The van der Waals surface area contributed by atoms with Crippen molar-refractivity contribution >= 4 is 11.4 Å². The van der Waals surface area contributed by atoms with Crippen LogP contribution in [0, 0.1) is 18.8 Å². The molecule has 1 saturated carbocycles. The Kier molecular flexibility index (Phi) is 5.94. The minimum absolute atomic E-state index is 0.0838. The van der Waals surface area contributed by atoms with E-state index in [1.54, 1.807) is 17.5 Å². The van der Waals surface area contributed by atoms with E-state index in [2.05, 4.69) is 48.4 Å². The maximum atomic E-state index is 13.0. The van der Waals surface area contributed by atoms with Crippen LogP contribution < -0.4 is 10.9 Å². The van der Waals surface area contributed by atoms with Crippen molar-refractivity contribution in [3.63, 3.8) is 0 Å². The summed E-state index contributed by atoms with van der Waals surface area (Å²) in [6.07, 6.45) is 4.28. The van der Waals surface area contributed by atoms with E-state index < -0.39 is 0 Å². The van der Waals surface area contributed by atoms with Crippen LogP contribution in [0.3, 0.4) is 0 Å². The fourth-order valence-corrected chi connectivity index (χ4v) is 4.51. The first kappa shape index (κ1) is 21.3. The zero-order chi connectivity index (χ0) is 22.1. The maximum absolute atomic E-state index is 13.0. The molecule has 1 aliphatic rings. The quantitative estimate of drug-likeness (QED) is 0.685. The fraction of sp³-hybridized carbons (Fsp3) is 0.500. The van der Waals surface area contributed by atoms with Crippen LogP contribution in [0.5, 0.6) is 0 Å². The number of aromatic nitrogens is 4. The van der Waals surface area contributed by atoms with Gasteiger partial charge in [-0.1, -0.05) is 57.9 Å². The predicted octanol–water partition coefficient (Wildman–Crippen LogP) is 3.37. The number of carbonyl (C=O) groups is 1. The van der Waals surface area contributed by atoms with E-state index in [4.69, 9.17) is 0 Å². The van der Waals surface area contributed by atoms with Gasteiger partial charge in [-0.05, 0) is 43.2 Å². The summed E-state index contributed by atoms with van der Waals surface area (Å²) in [5.74, 6) is 1.43. The highest BCUT2D eigenvalue weighted by atomic mass is 16.2. The largest absolute Gasteiger partial charge is 0.351 e. The van der Waals surface area contributed by atoms with Crippen LogP contribution >= 0.6 is 0 Å². The summed E-state index contributed by atoms with van der Waals surface area (Å²) >= 11 is 0. The third-order valence-corrected chi connectivity index (χ3v) is 6.74. The zero-order valence-corrected chi connectivity index (χ0v) is 18.8. The van der Waals surface area contributed by atoms with Gasteiger partial charge in [0.05, 0.1) is 5.69 Å². The lowest BCUT2D eigenvalue weighted by Crippen LogP contribution is -2.46. The molecule has 0 unspecified atom stereocenters. The van der Waals surface area contributed by atoms with Gasteiger partial charge in [-0.25, -0.2) is 9.20 Å². The minimum atomic E-state index is -0.310. The Hall–Kier alpha value is -2.96. The van der Waals surface area contributed by atoms with Crippen molar-refractivity contribution in [2.75, 3.05) is 0 Å². The standard InChI is InChI=1S/C24H31N5O2/c1-5-18-9-11-19(12-10-18)21-13-22-24(31)28(26-17(4)29(22)27-21)14-23(30)25-20-8-6-7-15(2)16(20)3/h9-13,15-16,20H,5-8,14H2,1-4H3,(H,25,30)/t15-,16-,20-/m1/s1. The first-order chi connectivity index (χ1) is 14.9. The molecule has 4 rings (SSSR count). The second-order valence-corrected chi connectivity index (χ2v) is 8.83. The molecule has 1 fully saturated rings.